The molecule has 9 aromatic carbocycles. The van der Waals surface area contributed by atoms with Crippen LogP contribution in [-0.4, -0.2) is 0 Å². The van der Waals surface area contributed by atoms with Gasteiger partial charge in [-0.05, 0) is 138 Å². The molecule has 2 aromatic heterocycles. The Morgan fingerprint density at radius 1 is 0.304 bits per heavy atom. The van der Waals surface area contributed by atoms with Gasteiger partial charge in [0.1, 0.15) is 22.3 Å². The number of nitrogens with zero attached hydrogens (tertiary/aromatic N) is 2. The first-order valence-electron chi connectivity index (χ1n) is 19.1. The maximum Gasteiger partial charge on any atom is 0.139 e. The minimum atomic E-state index is 0.816. The van der Waals surface area contributed by atoms with Gasteiger partial charge in [0.15, 0.2) is 0 Å². The monoisotopic (exact) mass is 720 g/mol. The molecule has 11 rings (SSSR count). The van der Waals surface area contributed by atoms with Crippen LogP contribution in [0.4, 0.5) is 34.1 Å². The van der Waals surface area contributed by atoms with E-state index < -0.39 is 0 Å². The van der Waals surface area contributed by atoms with Crippen molar-refractivity contribution in [2.75, 3.05) is 9.80 Å². The van der Waals surface area contributed by atoms with Gasteiger partial charge < -0.3 is 18.6 Å². The van der Waals surface area contributed by atoms with Gasteiger partial charge in [0.25, 0.3) is 0 Å². The van der Waals surface area contributed by atoms with Crippen molar-refractivity contribution < 1.29 is 8.83 Å². The summed E-state index contributed by atoms with van der Waals surface area (Å²) in [5.74, 6) is 0. The number of aryl methyl sites for hydroxylation is 2. The van der Waals surface area contributed by atoms with Crippen LogP contribution in [0.25, 0.3) is 65.4 Å². The lowest BCUT2D eigenvalue weighted by atomic mass is 10.0. The molecule has 56 heavy (non-hydrogen) atoms. The summed E-state index contributed by atoms with van der Waals surface area (Å²) in [6, 6.07) is 64.7. The Bertz CT molecular complexity index is 3070. The zero-order valence-electron chi connectivity index (χ0n) is 31.0. The number of benzene rings is 9. The Hall–Kier alpha value is -7.30. The fourth-order valence-electron chi connectivity index (χ4n) is 8.42. The van der Waals surface area contributed by atoms with Crippen molar-refractivity contribution in [1.82, 2.24) is 0 Å². The summed E-state index contributed by atoms with van der Waals surface area (Å²) in [5, 5.41) is 8.93. The molecule has 4 nitrogen and oxygen atoms in total. The largest absolute Gasteiger partial charge is 0.456 e. The highest BCUT2D eigenvalue weighted by Crippen LogP contribution is 2.43. The van der Waals surface area contributed by atoms with Gasteiger partial charge in [-0.1, -0.05) is 84.9 Å². The Balaban J connectivity index is 1.01. The van der Waals surface area contributed by atoms with Gasteiger partial charge in [-0.15, -0.1) is 0 Å². The van der Waals surface area contributed by atoms with Crippen LogP contribution in [0.1, 0.15) is 11.1 Å². The zero-order chi connectivity index (χ0) is 37.3. The first-order valence-corrected chi connectivity index (χ1v) is 19.1. The van der Waals surface area contributed by atoms with E-state index in [-0.39, 0.29) is 0 Å². The van der Waals surface area contributed by atoms with E-state index in [0.29, 0.717) is 0 Å². The Kier molecular flexibility index (Phi) is 7.26. The molecular weight excluding hydrogens is 685 g/mol. The molecule has 11 aromatic rings. The number of fused-ring (bicyclic) bond motifs is 8. The molecule has 0 bridgehead atoms. The van der Waals surface area contributed by atoms with Gasteiger partial charge >= 0.3 is 0 Å². The number of rotatable bonds is 6. The fourth-order valence-corrected chi connectivity index (χ4v) is 8.42. The van der Waals surface area contributed by atoms with E-state index in [0.717, 1.165) is 99.5 Å². The molecule has 0 radical (unpaired) electrons. The topological polar surface area (TPSA) is 32.8 Å². The second kappa shape index (κ2) is 12.6. The molecule has 0 aliphatic heterocycles. The minimum absolute atomic E-state index is 0.816. The van der Waals surface area contributed by atoms with E-state index in [2.05, 4.69) is 206 Å². The van der Waals surface area contributed by atoms with E-state index >= 15 is 0 Å². The number of hydrogen-bond acceptors (Lipinski definition) is 4. The van der Waals surface area contributed by atoms with Crippen LogP contribution in [0.5, 0.6) is 0 Å². The molecule has 266 valence electrons. The molecule has 0 saturated carbocycles. The Morgan fingerprint density at radius 3 is 1.14 bits per heavy atom. The zero-order valence-corrected chi connectivity index (χ0v) is 31.0. The van der Waals surface area contributed by atoms with E-state index in [1.54, 1.807) is 0 Å². The lowest BCUT2D eigenvalue weighted by Gasteiger charge is -2.27. The number of hydrogen-bond donors (Lipinski definition) is 0. The van der Waals surface area contributed by atoms with Crippen LogP contribution in [0.2, 0.25) is 0 Å². The first kappa shape index (κ1) is 32.2. The fraction of sp³-hybridized carbons (Fsp3) is 0.0385. The van der Waals surface area contributed by atoms with Gasteiger partial charge in [0, 0.05) is 61.7 Å². The third-order valence-corrected chi connectivity index (χ3v) is 11.2. The smallest absolute Gasteiger partial charge is 0.139 e. The van der Waals surface area contributed by atoms with Crippen molar-refractivity contribution in [2.45, 2.75) is 13.8 Å². The summed E-state index contributed by atoms with van der Waals surface area (Å²) in [6.45, 7) is 4.32. The lowest BCUT2D eigenvalue weighted by molar-refractivity contribution is 0.656. The van der Waals surface area contributed by atoms with Crippen LogP contribution < -0.4 is 9.80 Å². The molecule has 0 saturated heterocycles. The highest BCUT2D eigenvalue weighted by Gasteiger charge is 2.19. The number of para-hydroxylation sites is 4. The van der Waals surface area contributed by atoms with Crippen LogP contribution in [0.3, 0.4) is 0 Å². The Morgan fingerprint density at radius 2 is 0.696 bits per heavy atom. The van der Waals surface area contributed by atoms with E-state index in [9.17, 15) is 0 Å². The van der Waals surface area contributed by atoms with Crippen LogP contribution in [0.15, 0.2) is 191 Å². The highest BCUT2D eigenvalue weighted by atomic mass is 16.3. The summed E-state index contributed by atoms with van der Waals surface area (Å²) in [7, 11) is 0. The number of anilines is 6. The second-order valence-electron chi connectivity index (χ2n) is 14.7. The maximum absolute atomic E-state index is 6.59. The molecule has 0 atom stereocenters. The third kappa shape index (κ3) is 5.22. The van der Waals surface area contributed by atoms with Crippen LogP contribution >= 0.6 is 0 Å². The van der Waals surface area contributed by atoms with Crippen LogP contribution in [0, 0.1) is 13.8 Å². The highest BCUT2D eigenvalue weighted by molar-refractivity contribution is 6.18. The summed E-state index contributed by atoms with van der Waals surface area (Å²) in [5.41, 5.74) is 12.5. The molecule has 0 N–H and O–H groups in total. The van der Waals surface area contributed by atoms with Crippen molar-refractivity contribution in [2.24, 2.45) is 0 Å². The third-order valence-electron chi connectivity index (χ3n) is 11.2. The number of furan rings is 2. The molecule has 2 heterocycles. The predicted octanol–water partition coefficient (Wildman–Crippen LogP) is 15.3. The van der Waals surface area contributed by atoms with Crippen LogP contribution in [-0.2, 0) is 0 Å². The summed E-state index contributed by atoms with van der Waals surface area (Å²) in [6.07, 6.45) is 0. The standard InChI is InChI=1S/C52H36N2O2/c1-33-13-9-11-19-47(33)53(39-15-5-3-6-16-39)41-23-21-35-27-43-45-31-46-44-28-36-22-24-42(54(40-17-7-4-8-18-40)48-20-12-10-14-34(48)2)26-38(36)30-50(44)56-52(46)32-51(45)55-49(43)29-37(35)25-41/h3-32H,1-2H3. The van der Waals surface area contributed by atoms with Gasteiger partial charge in [-0.25, -0.2) is 0 Å². The van der Waals surface area contributed by atoms with Crippen molar-refractivity contribution in [3.8, 4) is 0 Å². The summed E-state index contributed by atoms with van der Waals surface area (Å²) in [4.78, 5) is 4.65. The normalized spacial score (nSPS) is 11.8. The van der Waals surface area contributed by atoms with Crippen molar-refractivity contribution in [3.05, 3.63) is 193 Å². The molecule has 0 aliphatic rings. The molecule has 0 unspecified atom stereocenters. The average molecular weight is 721 g/mol. The predicted molar refractivity (Wildman–Crippen MR) is 235 cm³/mol. The second-order valence-corrected chi connectivity index (χ2v) is 14.7. The maximum atomic E-state index is 6.59. The van der Waals surface area contributed by atoms with Gasteiger partial charge in [-0.3, -0.25) is 0 Å². The molecule has 4 heteroatoms. The Labute approximate surface area is 324 Å². The molecule has 0 fully saturated rings. The SMILES string of the molecule is Cc1ccccc1N(c1ccccc1)c1ccc2cc3c(cc2c1)oc1cc2oc4cc5cc(N(c6ccccc6)c6ccccc6C)ccc5cc4c2cc13. The molecule has 0 amide bonds. The van der Waals surface area contributed by atoms with Crippen molar-refractivity contribution >= 4 is 99.5 Å². The molecule has 0 aliphatic carbocycles. The first-order chi connectivity index (χ1) is 27.6. The average Bonchev–Trinajstić information content (AvgIpc) is 3.76. The minimum Gasteiger partial charge on any atom is -0.456 e. The lowest BCUT2D eigenvalue weighted by Crippen LogP contribution is -2.11. The van der Waals surface area contributed by atoms with E-state index in [4.69, 9.17) is 8.83 Å². The van der Waals surface area contributed by atoms with E-state index in [1.165, 1.54) is 11.1 Å². The quantitative estimate of drug-likeness (QED) is 0.171. The van der Waals surface area contributed by atoms with Gasteiger partial charge in [0.2, 0.25) is 0 Å². The van der Waals surface area contributed by atoms with Gasteiger partial charge in [-0.2, -0.15) is 0 Å². The molecular formula is C52H36N2O2. The van der Waals surface area contributed by atoms with Crippen molar-refractivity contribution in [3.63, 3.8) is 0 Å². The van der Waals surface area contributed by atoms with Gasteiger partial charge in [0.05, 0.1) is 0 Å². The van der Waals surface area contributed by atoms with E-state index in [1.807, 2.05) is 0 Å². The van der Waals surface area contributed by atoms with Crippen molar-refractivity contribution in [1.29, 1.82) is 0 Å². The summed E-state index contributed by atoms with van der Waals surface area (Å²) < 4.78 is 13.2. The summed E-state index contributed by atoms with van der Waals surface area (Å²) >= 11 is 0. The molecule has 0 spiro atoms.